The zero-order valence-corrected chi connectivity index (χ0v) is 12.0. The van der Waals surface area contributed by atoms with Crippen LogP contribution in [0.15, 0.2) is 11.1 Å². The van der Waals surface area contributed by atoms with E-state index >= 15 is 0 Å². The van der Waals surface area contributed by atoms with E-state index in [1.807, 2.05) is 7.11 Å². The fourth-order valence-corrected chi connectivity index (χ4v) is 4.84. The topological polar surface area (TPSA) is 9.23 Å². The van der Waals surface area contributed by atoms with Crippen molar-refractivity contribution in [2.45, 2.75) is 59.0 Å². The highest BCUT2D eigenvalue weighted by atomic mass is 16.5. The van der Waals surface area contributed by atoms with E-state index in [4.69, 9.17) is 4.74 Å². The summed E-state index contributed by atoms with van der Waals surface area (Å²) >= 11 is 0. The summed E-state index contributed by atoms with van der Waals surface area (Å²) in [5.74, 6) is 2.49. The van der Waals surface area contributed by atoms with E-state index in [1.165, 1.54) is 25.7 Å². The molecule has 0 N–H and O–H groups in total. The molecule has 4 atom stereocenters. The standard InChI is InChI=1S/C16H26O/c1-10-6-7-11-13(10)14-12(15(14,2)3)8-9-16(11,4)17-5/h11-12,14H,6-9H2,1-5H3/t11-,12-,14-,16-/m1/s1. The van der Waals surface area contributed by atoms with Crippen LogP contribution in [0.4, 0.5) is 0 Å². The maximum atomic E-state index is 5.92. The van der Waals surface area contributed by atoms with E-state index in [0.29, 0.717) is 11.3 Å². The first-order valence-corrected chi connectivity index (χ1v) is 7.16. The summed E-state index contributed by atoms with van der Waals surface area (Å²) in [7, 11) is 1.91. The Kier molecular flexibility index (Phi) is 2.34. The first kappa shape index (κ1) is 11.8. The normalized spacial score (nSPS) is 47.5. The lowest BCUT2D eigenvalue weighted by Gasteiger charge is -2.36. The maximum Gasteiger partial charge on any atom is 0.0716 e. The first-order valence-electron chi connectivity index (χ1n) is 7.16. The molecule has 2 saturated carbocycles. The van der Waals surface area contributed by atoms with Crippen molar-refractivity contribution < 1.29 is 4.74 Å². The molecule has 0 aromatic heterocycles. The van der Waals surface area contributed by atoms with Crippen molar-refractivity contribution in [1.82, 2.24) is 0 Å². The molecular weight excluding hydrogens is 208 g/mol. The molecule has 17 heavy (non-hydrogen) atoms. The van der Waals surface area contributed by atoms with Crippen molar-refractivity contribution in [3.8, 4) is 0 Å². The molecular formula is C16H26O. The van der Waals surface area contributed by atoms with Crippen LogP contribution in [0.1, 0.15) is 53.4 Å². The molecule has 1 heteroatoms. The van der Waals surface area contributed by atoms with Gasteiger partial charge in [0.05, 0.1) is 5.60 Å². The van der Waals surface area contributed by atoms with Gasteiger partial charge in [-0.25, -0.2) is 0 Å². The molecule has 0 heterocycles. The highest BCUT2D eigenvalue weighted by Gasteiger charge is 2.64. The lowest BCUT2D eigenvalue weighted by Crippen LogP contribution is -2.37. The summed E-state index contributed by atoms with van der Waals surface area (Å²) in [5.41, 5.74) is 4.15. The SMILES string of the molecule is CO[C@]1(C)CC[C@@H]2[C@H](C3=C(C)CC[C@H]31)C2(C)C. The Bertz CT molecular complexity index is 379. The van der Waals surface area contributed by atoms with E-state index < -0.39 is 0 Å². The molecule has 0 aromatic carbocycles. The fraction of sp³-hybridized carbons (Fsp3) is 0.875. The first-order chi connectivity index (χ1) is 7.92. The second kappa shape index (κ2) is 3.38. The predicted octanol–water partition coefficient (Wildman–Crippen LogP) is 4.18. The second-order valence-electron chi connectivity index (χ2n) is 7.29. The number of hydrogen-bond acceptors (Lipinski definition) is 1. The quantitative estimate of drug-likeness (QED) is 0.618. The van der Waals surface area contributed by atoms with Crippen LogP contribution in [-0.2, 0) is 4.74 Å². The monoisotopic (exact) mass is 234 g/mol. The summed E-state index contributed by atoms with van der Waals surface area (Å²) in [4.78, 5) is 0. The number of methoxy groups -OCH3 is 1. The van der Waals surface area contributed by atoms with Crippen molar-refractivity contribution in [3.63, 3.8) is 0 Å². The van der Waals surface area contributed by atoms with Gasteiger partial charge in [-0.2, -0.15) is 0 Å². The van der Waals surface area contributed by atoms with Gasteiger partial charge < -0.3 is 4.74 Å². The Morgan fingerprint density at radius 3 is 2.53 bits per heavy atom. The minimum Gasteiger partial charge on any atom is -0.378 e. The van der Waals surface area contributed by atoms with E-state index in [-0.39, 0.29) is 5.60 Å². The van der Waals surface area contributed by atoms with Crippen LogP contribution in [0.25, 0.3) is 0 Å². The number of fused-ring (bicyclic) bond motifs is 3. The third-order valence-corrected chi connectivity index (χ3v) is 6.22. The average molecular weight is 234 g/mol. The van der Waals surface area contributed by atoms with Crippen LogP contribution in [0.2, 0.25) is 0 Å². The molecule has 96 valence electrons. The van der Waals surface area contributed by atoms with E-state index in [0.717, 1.165) is 11.8 Å². The summed E-state index contributed by atoms with van der Waals surface area (Å²) in [6.07, 6.45) is 5.23. The Balaban J connectivity index is 2.02. The van der Waals surface area contributed by atoms with Gasteiger partial charge >= 0.3 is 0 Å². The molecule has 3 aliphatic rings. The molecule has 2 fully saturated rings. The maximum absolute atomic E-state index is 5.92. The van der Waals surface area contributed by atoms with Crippen molar-refractivity contribution in [2.24, 2.45) is 23.2 Å². The zero-order chi connectivity index (χ0) is 12.4. The number of ether oxygens (including phenoxy) is 1. The van der Waals surface area contributed by atoms with E-state index in [1.54, 1.807) is 11.1 Å². The lowest BCUT2D eigenvalue weighted by molar-refractivity contribution is -0.0395. The molecule has 0 aromatic rings. The molecule has 0 unspecified atom stereocenters. The Labute approximate surface area is 106 Å². The predicted molar refractivity (Wildman–Crippen MR) is 70.8 cm³/mol. The van der Waals surface area contributed by atoms with Gasteiger partial charge in [-0.15, -0.1) is 0 Å². The Hall–Kier alpha value is -0.300. The molecule has 1 nitrogen and oxygen atoms in total. The fourth-order valence-electron chi connectivity index (χ4n) is 4.84. The van der Waals surface area contributed by atoms with Crippen LogP contribution >= 0.6 is 0 Å². The Morgan fingerprint density at radius 2 is 1.88 bits per heavy atom. The molecule has 0 aliphatic heterocycles. The van der Waals surface area contributed by atoms with Gasteiger partial charge in [-0.3, -0.25) is 0 Å². The van der Waals surface area contributed by atoms with Crippen molar-refractivity contribution >= 4 is 0 Å². The zero-order valence-electron chi connectivity index (χ0n) is 12.0. The van der Waals surface area contributed by atoms with Gasteiger partial charge in [-0.05, 0) is 56.8 Å². The molecule has 0 spiro atoms. The van der Waals surface area contributed by atoms with Crippen LogP contribution in [0.3, 0.4) is 0 Å². The van der Waals surface area contributed by atoms with Crippen LogP contribution < -0.4 is 0 Å². The largest absolute Gasteiger partial charge is 0.378 e. The molecule has 3 rings (SSSR count). The van der Waals surface area contributed by atoms with E-state index in [9.17, 15) is 0 Å². The smallest absolute Gasteiger partial charge is 0.0716 e. The van der Waals surface area contributed by atoms with Crippen LogP contribution in [0, 0.1) is 23.2 Å². The molecule has 0 radical (unpaired) electrons. The Morgan fingerprint density at radius 1 is 1.18 bits per heavy atom. The van der Waals surface area contributed by atoms with Gasteiger partial charge in [-0.1, -0.05) is 25.0 Å². The highest BCUT2D eigenvalue weighted by Crippen LogP contribution is 2.70. The van der Waals surface area contributed by atoms with Gasteiger partial charge in [0.25, 0.3) is 0 Å². The minimum atomic E-state index is 0.108. The van der Waals surface area contributed by atoms with E-state index in [2.05, 4.69) is 27.7 Å². The summed E-state index contributed by atoms with van der Waals surface area (Å²) < 4.78 is 5.92. The summed E-state index contributed by atoms with van der Waals surface area (Å²) in [6, 6.07) is 0. The van der Waals surface area contributed by atoms with Crippen molar-refractivity contribution in [1.29, 1.82) is 0 Å². The summed E-state index contributed by atoms with van der Waals surface area (Å²) in [5, 5.41) is 0. The minimum absolute atomic E-state index is 0.108. The molecule has 3 aliphatic carbocycles. The van der Waals surface area contributed by atoms with Gasteiger partial charge in [0.15, 0.2) is 0 Å². The van der Waals surface area contributed by atoms with Gasteiger partial charge in [0, 0.05) is 13.0 Å². The number of allylic oxidation sites excluding steroid dienone is 1. The third kappa shape index (κ3) is 1.41. The molecule has 0 amide bonds. The molecule has 0 saturated heterocycles. The molecule has 0 bridgehead atoms. The average Bonchev–Trinajstić information content (AvgIpc) is 2.65. The second-order valence-corrected chi connectivity index (χ2v) is 7.29. The lowest BCUT2D eigenvalue weighted by atomic mass is 9.78. The third-order valence-electron chi connectivity index (χ3n) is 6.22. The van der Waals surface area contributed by atoms with Crippen molar-refractivity contribution in [3.05, 3.63) is 11.1 Å². The van der Waals surface area contributed by atoms with Gasteiger partial charge in [0.2, 0.25) is 0 Å². The van der Waals surface area contributed by atoms with Gasteiger partial charge in [0.1, 0.15) is 0 Å². The number of hydrogen-bond donors (Lipinski definition) is 0. The van der Waals surface area contributed by atoms with Crippen molar-refractivity contribution in [2.75, 3.05) is 7.11 Å². The van der Waals surface area contributed by atoms with Crippen LogP contribution in [-0.4, -0.2) is 12.7 Å². The van der Waals surface area contributed by atoms with Crippen LogP contribution in [0.5, 0.6) is 0 Å². The highest BCUT2D eigenvalue weighted by molar-refractivity contribution is 5.36. The summed E-state index contributed by atoms with van der Waals surface area (Å²) in [6.45, 7) is 9.64. The number of rotatable bonds is 1.